The van der Waals surface area contributed by atoms with Crippen molar-refractivity contribution in [3.8, 4) is 0 Å². The van der Waals surface area contributed by atoms with Gasteiger partial charge in [0.25, 0.3) is 0 Å². The first kappa shape index (κ1) is 13.2. The summed E-state index contributed by atoms with van der Waals surface area (Å²) in [6.07, 6.45) is 6.40. The highest BCUT2D eigenvalue weighted by molar-refractivity contribution is 6.01. The van der Waals surface area contributed by atoms with Crippen LogP contribution in [0, 0.1) is 6.07 Å². The van der Waals surface area contributed by atoms with Crippen molar-refractivity contribution in [2.45, 2.75) is 39.0 Å². The third kappa shape index (κ3) is 2.56. The van der Waals surface area contributed by atoms with Crippen LogP contribution >= 0.6 is 0 Å². The molecule has 0 aliphatic rings. The molecule has 0 amide bonds. The van der Waals surface area contributed by atoms with Crippen molar-refractivity contribution in [2.24, 2.45) is 0 Å². The van der Waals surface area contributed by atoms with E-state index in [4.69, 9.17) is 0 Å². The van der Waals surface area contributed by atoms with Gasteiger partial charge in [-0.25, -0.2) is 0 Å². The van der Waals surface area contributed by atoms with Gasteiger partial charge in [-0.05, 0) is 52.1 Å². The van der Waals surface area contributed by atoms with Crippen LogP contribution in [-0.4, -0.2) is 0 Å². The van der Waals surface area contributed by atoms with Gasteiger partial charge >= 0.3 is 0 Å². The molecule has 20 heavy (non-hydrogen) atoms. The summed E-state index contributed by atoms with van der Waals surface area (Å²) in [4.78, 5) is 0. The van der Waals surface area contributed by atoms with Gasteiger partial charge in [0.15, 0.2) is 0 Å². The molecule has 101 valence electrons. The standard InChI is InChI=1S/C20H21/c1-2-3-4-5-14-20-18-12-8-6-10-16(18)15-17-11-7-9-13-19(17)20/h6-12,15H,2-5,14H2,1H3. The van der Waals surface area contributed by atoms with E-state index in [-0.39, 0.29) is 0 Å². The molecule has 0 spiro atoms. The van der Waals surface area contributed by atoms with Gasteiger partial charge < -0.3 is 0 Å². The van der Waals surface area contributed by atoms with E-state index in [0.717, 1.165) is 0 Å². The number of benzene rings is 3. The zero-order valence-corrected chi connectivity index (χ0v) is 12.2. The Morgan fingerprint density at radius 3 is 2.65 bits per heavy atom. The van der Waals surface area contributed by atoms with Gasteiger partial charge in [0, 0.05) is 0 Å². The molecule has 0 fully saturated rings. The highest BCUT2D eigenvalue weighted by Gasteiger charge is 2.07. The number of fused-ring (bicyclic) bond motifs is 2. The van der Waals surface area contributed by atoms with Crippen LogP contribution < -0.4 is 0 Å². The normalized spacial score (nSPS) is 11.2. The molecule has 0 bridgehead atoms. The van der Waals surface area contributed by atoms with Crippen molar-refractivity contribution in [1.29, 1.82) is 0 Å². The molecule has 3 aromatic rings. The second-order valence-corrected chi connectivity index (χ2v) is 5.52. The maximum absolute atomic E-state index is 3.45. The molecule has 0 saturated heterocycles. The predicted molar refractivity (Wildman–Crippen MR) is 88.1 cm³/mol. The lowest BCUT2D eigenvalue weighted by molar-refractivity contribution is 0.669. The topological polar surface area (TPSA) is 0 Å². The fraction of sp³-hybridized carbons (Fsp3) is 0.300. The van der Waals surface area contributed by atoms with Gasteiger partial charge in [-0.3, -0.25) is 0 Å². The lowest BCUT2D eigenvalue weighted by Crippen LogP contribution is -1.91. The number of aryl methyl sites for hydroxylation is 1. The summed E-state index contributed by atoms with van der Waals surface area (Å²) in [7, 11) is 0. The second kappa shape index (κ2) is 6.09. The van der Waals surface area contributed by atoms with E-state index in [1.54, 1.807) is 0 Å². The van der Waals surface area contributed by atoms with Crippen molar-refractivity contribution in [3.63, 3.8) is 0 Å². The predicted octanol–water partition coefficient (Wildman–Crippen LogP) is 5.92. The fourth-order valence-corrected chi connectivity index (χ4v) is 3.02. The lowest BCUT2D eigenvalue weighted by Gasteiger charge is -2.11. The minimum absolute atomic E-state index is 1.17. The van der Waals surface area contributed by atoms with Crippen LogP contribution in [-0.2, 0) is 6.42 Å². The Hall–Kier alpha value is -1.82. The molecule has 0 heterocycles. The van der Waals surface area contributed by atoms with Crippen molar-refractivity contribution in [3.05, 3.63) is 60.2 Å². The Labute approximate surface area is 121 Å². The molecular formula is C20H21. The van der Waals surface area contributed by atoms with E-state index in [1.807, 2.05) is 6.07 Å². The van der Waals surface area contributed by atoms with Gasteiger partial charge in [0.05, 0.1) is 0 Å². The smallest absolute Gasteiger partial charge is 0.00667 e. The number of hydrogen-bond donors (Lipinski definition) is 0. The summed E-state index contributed by atoms with van der Waals surface area (Å²) in [6, 6.07) is 20.8. The van der Waals surface area contributed by atoms with Crippen LogP contribution in [0.15, 0.2) is 48.5 Å². The third-order valence-corrected chi connectivity index (χ3v) is 4.07. The van der Waals surface area contributed by atoms with Crippen LogP contribution in [0.4, 0.5) is 0 Å². The summed E-state index contributed by atoms with van der Waals surface area (Å²) in [5, 5.41) is 5.38. The van der Waals surface area contributed by atoms with E-state index in [9.17, 15) is 0 Å². The summed E-state index contributed by atoms with van der Waals surface area (Å²) in [5.41, 5.74) is 1.48. The Morgan fingerprint density at radius 2 is 1.75 bits per heavy atom. The highest BCUT2D eigenvalue weighted by atomic mass is 14.1. The van der Waals surface area contributed by atoms with Crippen LogP contribution in [0.2, 0.25) is 0 Å². The quantitative estimate of drug-likeness (QED) is 0.395. The van der Waals surface area contributed by atoms with Crippen molar-refractivity contribution in [2.75, 3.05) is 0 Å². The maximum atomic E-state index is 3.45. The fourth-order valence-electron chi connectivity index (χ4n) is 3.02. The first-order chi connectivity index (χ1) is 9.90. The largest absolute Gasteiger partial charge is 0.0654 e. The monoisotopic (exact) mass is 261 g/mol. The molecular weight excluding hydrogens is 240 g/mol. The third-order valence-electron chi connectivity index (χ3n) is 4.07. The molecule has 0 heteroatoms. The molecule has 1 radical (unpaired) electrons. The number of hydrogen-bond acceptors (Lipinski definition) is 0. The van der Waals surface area contributed by atoms with Crippen LogP contribution in [0.25, 0.3) is 21.5 Å². The second-order valence-electron chi connectivity index (χ2n) is 5.52. The Kier molecular flexibility index (Phi) is 4.01. The van der Waals surface area contributed by atoms with E-state index in [1.165, 1.54) is 59.2 Å². The van der Waals surface area contributed by atoms with Gasteiger partial charge in [-0.1, -0.05) is 68.7 Å². The summed E-state index contributed by atoms with van der Waals surface area (Å²) >= 11 is 0. The van der Waals surface area contributed by atoms with Crippen molar-refractivity contribution >= 4 is 21.5 Å². The lowest BCUT2D eigenvalue weighted by atomic mass is 9.93. The average Bonchev–Trinajstić information content (AvgIpc) is 2.50. The van der Waals surface area contributed by atoms with Crippen LogP contribution in [0.3, 0.4) is 0 Å². The molecule has 0 unspecified atom stereocenters. The SMILES string of the molecule is CCCCCCc1c2[c]cccc2cc2ccccc12. The minimum Gasteiger partial charge on any atom is -0.0654 e. The first-order valence-corrected chi connectivity index (χ1v) is 7.71. The zero-order valence-electron chi connectivity index (χ0n) is 12.2. The van der Waals surface area contributed by atoms with Crippen molar-refractivity contribution < 1.29 is 0 Å². The molecule has 0 nitrogen and oxygen atoms in total. The summed E-state index contributed by atoms with van der Waals surface area (Å²) in [6.45, 7) is 2.26. The van der Waals surface area contributed by atoms with Crippen LogP contribution in [0.5, 0.6) is 0 Å². The van der Waals surface area contributed by atoms with E-state index in [2.05, 4.69) is 55.5 Å². The first-order valence-electron chi connectivity index (χ1n) is 7.71. The Morgan fingerprint density at radius 1 is 0.900 bits per heavy atom. The Bertz CT molecular complexity index is 655. The summed E-state index contributed by atoms with van der Waals surface area (Å²) < 4.78 is 0. The highest BCUT2D eigenvalue weighted by Crippen LogP contribution is 2.29. The van der Waals surface area contributed by atoms with E-state index >= 15 is 0 Å². The van der Waals surface area contributed by atoms with E-state index in [0.29, 0.717) is 0 Å². The molecule has 0 aliphatic heterocycles. The van der Waals surface area contributed by atoms with Crippen LogP contribution in [0.1, 0.15) is 38.2 Å². The molecule has 0 saturated carbocycles. The Balaban J connectivity index is 2.08. The molecule has 0 atom stereocenters. The molecule has 0 N–H and O–H groups in total. The van der Waals surface area contributed by atoms with Gasteiger partial charge in [0.2, 0.25) is 0 Å². The van der Waals surface area contributed by atoms with Crippen molar-refractivity contribution in [1.82, 2.24) is 0 Å². The summed E-state index contributed by atoms with van der Waals surface area (Å²) in [5.74, 6) is 0. The minimum atomic E-state index is 1.17. The maximum Gasteiger partial charge on any atom is -0.00667 e. The number of unbranched alkanes of at least 4 members (excludes halogenated alkanes) is 3. The molecule has 3 aromatic carbocycles. The molecule has 3 rings (SSSR count). The average molecular weight is 261 g/mol. The van der Waals surface area contributed by atoms with Gasteiger partial charge in [-0.15, -0.1) is 0 Å². The number of rotatable bonds is 5. The molecule has 0 aromatic heterocycles. The van der Waals surface area contributed by atoms with Gasteiger partial charge in [-0.2, -0.15) is 0 Å². The molecule has 0 aliphatic carbocycles. The zero-order chi connectivity index (χ0) is 13.8. The van der Waals surface area contributed by atoms with Gasteiger partial charge in [0.1, 0.15) is 0 Å². The van der Waals surface area contributed by atoms with E-state index < -0.39 is 0 Å².